The van der Waals surface area contributed by atoms with E-state index in [9.17, 15) is 0 Å². The summed E-state index contributed by atoms with van der Waals surface area (Å²) in [5.41, 5.74) is 10.7. The minimum absolute atomic E-state index is 0.754. The number of nitrogens with zero attached hydrogens (tertiary/aromatic N) is 3. The third-order valence-electron chi connectivity index (χ3n) is 3.96. The Morgan fingerprint density at radius 3 is 2.42 bits per heavy atom. The molecule has 0 saturated carbocycles. The molecule has 0 bridgehead atoms. The van der Waals surface area contributed by atoms with Gasteiger partial charge in [0.2, 0.25) is 0 Å². The lowest BCUT2D eigenvalue weighted by molar-refractivity contribution is 0.323. The third kappa shape index (κ3) is 3.24. The predicted molar refractivity (Wildman–Crippen MR) is 101 cm³/mol. The van der Waals surface area contributed by atoms with Gasteiger partial charge in [0.1, 0.15) is 5.65 Å². The molecular formula is C20H22N4. The van der Waals surface area contributed by atoms with Crippen LogP contribution in [0.1, 0.15) is 5.69 Å². The number of imidazole rings is 1. The summed E-state index contributed by atoms with van der Waals surface area (Å²) in [5, 5.41) is 0. The van der Waals surface area contributed by atoms with Crippen LogP contribution in [0.3, 0.4) is 0 Å². The summed E-state index contributed by atoms with van der Waals surface area (Å²) in [6.45, 7) is 10.1. The van der Waals surface area contributed by atoms with Gasteiger partial charge in [0, 0.05) is 37.1 Å². The molecule has 24 heavy (non-hydrogen) atoms. The van der Waals surface area contributed by atoms with E-state index in [4.69, 9.17) is 10.7 Å². The monoisotopic (exact) mass is 318 g/mol. The lowest BCUT2D eigenvalue weighted by Crippen LogP contribution is -2.24. The molecule has 0 aliphatic heterocycles. The van der Waals surface area contributed by atoms with Crippen molar-refractivity contribution in [2.45, 2.75) is 6.54 Å². The molecule has 0 aliphatic carbocycles. The second-order valence-corrected chi connectivity index (χ2v) is 5.73. The quantitative estimate of drug-likeness (QED) is 0.533. The molecule has 1 aromatic carbocycles. The first-order valence-corrected chi connectivity index (χ1v) is 7.99. The Hall–Kier alpha value is -2.85. The van der Waals surface area contributed by atoms with E-state index in [1.54, 1.807) is 0 Å². The lowest BCUT2D eigenvalue weighted by atomic mass is 10.1. The zero-order valence-corrected chi connectivity index (χ0v) is 13.7. The number of nitrogens with two attached hydrogens (primary N) is 1. The van der Waals surface area contributed by atoms with Crippen LogP contribution in [0, 0.1) is 0 Å². The minimum atomic E-state index is 0.754. The van der Waals surface area contributed by atoms with Crippen molar-refractivity contribution in [3.05, 3.63) is 79.7 Å². The molecule has 4 heteroatoms. The van der Waals surface area contributed by atoms with Crippen molar-refractivity contribution in [2.24, 2.45) is 0 Å². The summed E-state index contributed by atoms with van der Waals surface area (Å²) in [4.78, 5) is 7.10. The predicted octanol–water partition coefficient (Wildman–Crippen LogP) is 3.76. The Morgan fingerprint density at radius 2 is 1.75 bits per heavy atom. The molecule has 2 heterocycles. The van der Waals surface area contributed by atoms with Crippen molar-refractivity contribution in [1.29, 1.82) is 0 Å². The van der Waals surface area contributed by atoms with E-state index in [0.717, 1.165) is 47.9 Å². The number of anilines is 1. The molecule has 0 amide bonds. The second-order valence-electron chi connectivity index (χ2n) is 5.73. The van der Waals surface area contributed by atoms with Crippen molar-refractivity contribution >= 4 is 11.3 Å². The zero-order valence-electron chi connectivity index (χ0n) is 13.7. The van der Waals surface area contributed by atoms with Crippen LogP contribution >= 0.6 is 0 Å². The van der Waals surface area contributed by atoms with Crippen molar-refractivity contribution in [2.75, 3.05) is 18.8 Å². The van der Waals surface area contributed by atoms with Gasteiger partial charge in [-0.2, -0.15) is 0 Å². The van der Waals surface area contributed by atoms with Crippen LogP contribution in [-0.4, -0.2) is 27.4 Å². The number of hydrogen-bond donors (Lipinski definition) is 1. The van der Waals surface area contributed by atoms with Gasteiger partial charge in [0.15, 0.2) is 0 Å². The number of nitrogen functional groups attached to an aromatic ring is 1. The van der Waals surface area contributed by atoms with Crippen LogP contribution in [0.2, 0.25) is 0 Å². The standard InChI is InChI=1S/C20H22N4/c1-3-12-23(13-4-2)15-18-20(16-8-10-17(21)11-9-16)22-19-7-5-6-14-24(18)19/h3-11,14H,1-2,12-13,15,21H2. The smallest absolute Gasteiger partial charge is 0.137 e. The Morgan fingerprint density at radius 1 is 1.04 bits per heavy atom. The lowest BCUT2D eigenvalue weighted by Gasteiger charge is -2.19. The summed E-state index contributed by atoms with van der Waals surface area (Å²) in [7, 11) is 0. The maximum absolute atomic E-state index is 5.82. The van der Waals surface area contributed by atoms with Gasteiger partial charge in [-0.1, -0.05) is 30.4 Å². The van der Waals surface area contributed by atoms with Gasteiger partial charge in [-0.15, -0.1) is 13.2 Å². The molecule has 0 unspecified atom stereocenters. The average molecular weight is 318 g/mol. The van der Waals surface area contributed by atoms with E-state index in [1.807, 2.05) is 54.6 Å². The molecule has 0 atom stereocenters. The fraction of sp³-hybridized carbons (Fsp3) is 0.150. The molecule has 122 valence electrons. The summed E-state index contributed by atoms with van der Waals surface area (Å²) in [6.07, 6.45) is 5.88. The van der Waals surface area contributed by atoms with Gasteiger partial charge in [0.25, 0.3) is 0 Å². The SMILES string of the molecule is C=CCN(CC=C)Cc1c(-c2ccc(N)cc2)nc2ccccn12. The van der Waals surface area contributed by atoms with Crippen molar-refractivity contribution in [3.63, 3.8) is 0 Å². The number of hydrogen-bond acceptors (Lipinski definition) is 3. The highest BCUT2D eigenvalue weighted by Gasteiger charge is 2.16. The van der Waals surface area contributed by atoms with Gasteiger partial charge < -0.3 is 10.1 Å². The summed E-state index contributed by atoms with van der Waals surface area (Å²) >= 11 is 0. The van der Waals surface area contributed by atoms with E-state index >= 15 is 0 Å². The number of fused-ring (bicyclic) bond motifs is 1. The molecule has 3 aromatic rings. The van der Waals surface area contributed by atoms with Crippen LogP contribution in [0.25, 0.3) is 16.9 Å². The van der Waals surface area contributed by atoms with Crippen molar-refractivity contribution in [3.8, 4) is 11.3 Å². The normalized spacial score (nSPS) is 11.0. The minimum Gasteiger partial charge on any atom is -0.399 e. The number of benzene rings is 1. The highest BCUT2D eigenvalue weighted by molar-refractivity contribution is 5.68. The summed E-state index contributed by atoms with van der Waals surface area (Å²) in [5.74, 6) is 0. The summed E-state index contributed by atoms with van der Waals surface area (Å²) < 4.78 is 2.14. The van der Waals surface area contributed by atoms with E-state index in [1.165, 1.54) is 0 Å². The fourth-order valence-electron chi connectivity index (χ4n) is 2.85. The van der Waals surface area contributed by atoms with Gasteiger partial charge in [-0.05, 0) is 24.3 Å². The van der Waals surface area contributed by atoms with E-state index in [-0.39, 0.29) is 0 Å². The van der Waals surface area contributed by atoms with E-state index in [2.05, 4.69) is 28.7 Å². The van der Waals surface area contributed by atoms with Gasteiger partial charge in [0.05, 0.1) is 11.4 Å². The first-order valence-electron chi connectivity index (χ1n) is 7.99. The van der Waals surface area contributed by atoms with Crippen LogP contribution in [0.15, 0.2) is 74.0 Å². The van der Waals surface area contributed by atoms with Gasteiger partial charge >= 0.3 is 0 Å². The molecule has 0 spiro atoms. The Bertz CT molecular complexity index is 836. The number of pyridine rings is 1. The molecule has 0 saturated heterocycles. The van der Waals surface area contributed by atoms with Gasteiger partial charge in [-0.25, -0.2) is 4.98 Å². The molecule has 2 aromatic heterocycles. The maximum Gasteiger partial charge on any atom is 0.137 e. The molecule has 4 nitrogen and oxygen atoms in total. The highest BCUT2D eigenvalue weighted by Crippen LogP contribution is 2.26. The summed E-state index contributed by atoms with van der Waals surface area (Å²) in [6, 6.07) is 13.9. The van der Waals surface area contributed by atoms with Crippen molar-refractivity contribution < 1.29 is 0 Å². The van der Waals surface area contributed by atoms with Crippen LogP contribution in [0.5, 0.6) is 0 Å². The highest BCUT2D eigenvalue weighted by atomic mass is 15.1. The van der Waals surface area contributed by atoms with Crippen LogP contribution < -0.4 is 5.73 Å². The zero-order chi connectivity index (χ0) is 16.9. The molecule has 2 N–H and O–H groups in total. The maximum atomic E-state index is 5.82. The van der Waals surface area contributed by atoms with E-state index < -0.39 is 0 Å². The van der Waals surface area contributed by atoms with Crippen LogP contribution in [0.4, 0.5) is 5.69 Å². The third-order valence-corrected chi connectivity index (χ3v) is 3.96. The molecule has 0 aliphatic rings. The van der Waals surface area contributed by atoms with Crippen LogP contribution in [-0.2, 0) is 6.54 Å². The fourth-order valence-corrected chi connectivity index (χ4v) is 2.85. The number of aromatic nitrogens is 2. The number of rotatable bonds is 7. The Balaban J connectivity index is 2.09. The second kappa shape index (κ2) is 7.15. The van der Waals surface area contributed by atoms with Gasteiger partial charge in [-0.3, -0.25) is 4.90 Å². The largest absolute Gasteiger partial charge is 0.399 e. The Labute approximate surface area is 142 Å². The first kappa shape index (κ1) is 16.0. The first-order chi connectivity index (χ1) is 11.7. The topological polar surface area (TPSA) is 46.6 Å². The van der Waals surface area contributed by atoms with E-state index in [0.29, 0.717) is 0 Å². The van der Waals surface area contributed by atoms with Crippen molar-refractivity contribution in [1.82, 2.24) is 14.3 Å². The molecule has 3 rings (SSSR count). The molecular weight excluding hydrogens is 296 g/mol. The molecule has 0 radical (unpaired) electrons. The molecule has 0 fully saturated rings. The average Bonchev–Trinajstić information content (AvgIpc) is 2.95. The Kier molecular flexibility index (Phi) is 4.77.